The molecule has 1 aliphatic heterocycles. The van der Waals surface area contributed by atoms with Gasteiger partial charge in [-0.2, -0.15) is 4.31 Å². The zero-order chi connectivity index (χ0) is 21.2. The average molecular weight is 422 g/mol. The van der Waals surface area contributed by atoms with Crippen LogP contribution in [-0.2, 0) is 10.0 Å². The molecule has 0 spiro atoms. The van der Waals surface area contributed by atoms with E-state index in [9.17, 15) is 13.2 Å². The second-order valence-corrected chi connectivity index (χ2v) is 8.94. The van der Waals surface area contributed by atoms with Gasteiger partial charge in [-0.05, 0) is 44.4 Å². The maximum Gasteiger partial charge on any atom is 0.272 e. The molecule has 2 aromatic rings. The molecular weight excluding hydrogens is 394 g/mol. The predicted octanol–water partition coefficient (Wildman–Crippen LogP) is 3.08. The van der Waals surface area contributed by atoms with Gasteiger partial charge in [0.1, 0.15) is 22.1 Å². The molecule has 0 saturated carbocycles. The summed E-state index contributed by atoms with van der Waals surface area (Å²) in [4.78, 5) is 16.1. The van der Waals surface area contributed by atoms with E-state index in [1.807, 2.05) is 0 Å². The van der Waals surface area contributed by atoms with E-state index in [4.69, 9.17) is 9.47 Å². The van der Waals surface area contributed by atoms with Crippen molar-refractivity contribution in [3.8, 4) is 11.5 Å². The quantitative estimate of drug-likeness (QED) is 0.747. The van der Waals surface area contributed by atoms with Crippen molar-refractivity contribution in [1.82, 2.24) is 9.29 Å². The van der Waals surface area contributed by atoms with Crippen molar-refractivity contribution >= 4 is 21.6 Å². The van der Waals surface area contributed by atoms with Gasteiger partial charge in [0.2, 0.25) is 10.0 Å². The molecule has 3 rings (SSSR count). The minimum absolute atomic E-state index is 0.183. The van der Waals surface area contributed by atoms with Crippen LogP contribution >= 0.6 is 0 Å². The summed E-state index contributed by atoms with van der Waals surface area (Å²) in [6.45, 7) is 4.34. The van der Waals surface area contributed by atoms with E-state index in [-0.39, 0.29) is 10.6 Å². The van der Waals surface area contributed by atoms with Gasteiger partial charge in [-0.15, -0.1) is 0 Å². The van der Waals surface area contributed by atoms with Crippen LogP contribution in [0.2, 0.25) is 0 Å². The highest BCUT2D eigenvalue weighted by molar-refractivity contribution is 7.89. The Kier molecular flexibility index (Phi) is 6.18. The first-order valence-corrected chi connectivity index (χ1v) is 11.0. The van der Waals surface area contributed by atoms with E-state index in [1.165, 1.54) is 18.5 Å². The average Bonchev–Trinajstić information content (AvgIpc) is 3.03. The van der Waals surface area contributed by atoms with Crippen molar-refractivity contribution in [3.63, 3.8) is 0 Å². The molecule has 0 bridgehead atoms. The number of hydrogen-bond acceptors (Lipinski definition) is 5. The molecule has 29 heavy (non-hydrogen) atoms. The number of piperidine rings is 1. The molecule has 1 fully saturated rings. The number of hydrogen-bond donors (Lipinski definition) is 2. The largest absolute Gasteiger partial charge is 0.497 e. The number of carbonyl (C=O) groups is 1. The van der Waals surface area contributed by atoms with Gasteiger partial charge >= 0.3 is 0 Å². The summed E-state index contributed by atoms with van der Waals surface area (Å²) < 4.78 is 38.3. The third-order valence-electron chi connectivity index (χ3n) is 5.16. The molecule has 1 saturated heterocycles. The maximum absolute atomic E-state index is 13.1. The third kappa shape index (κ3) is 4.11. The summed E-state index contributed by atoms with van der Waals surface area (Å²) >= 11 is 0. The number of amides is 1. The van der Waals surface area contributed by atoms with E-state index < -0.39 is 15.9 Å². The fourth-order valence-corrected chi connectivity index (χ4v) is 5.60. The molecule has 1 aromatic carbocycles. The summed E-state index contributed by atoms with van der Waals surface area (Å²) in [5.74, 6) is 0.590. The lowest BCUT2D eigenvalue weighted by atomic mass is 10.2. The Morgan fingerprint density at radius 1 is 1.10 bits per heavy atom. The molecule has 2 heterocycles. The number of carbonyl (C=O) groups excluding carboxylic acids is 1. The van der Waals surface area contributed by atoms with Crippen LogP contribution < -0.4 is 14.8 Å². The highest BCUT2D eigenvalue weighted by atomic mass is 32.2. The van der Waals surface area contributed by atoms with Crippen LogP contribution in [0.1, 0.15) is 41.0 Å². The van der Waals surface area contributed by atoms with Gasteiger partial charge in [0.25, 0.3) is 5.91 Å². The number of aromatic nitrogens is 1. The van der Waals surface area contributed by atoms with E-state index in [0.717, 1.165) is 19.3 Å². The molecule has 1 aromatic heterocycles. The van der Waals surface area contributed by atoms with Gasteiger partial charge in [0, 0.05) is 24.8 Å². The predicted molar refractivity (Wildman–Crippen MR) is 110 cm³/mol. The van der Waals surface area contributed by atoms with Gasteiger partial charge in [-0.3, -0.25) is 4.79 Å². The smallest absolute Gasteiger partial charge is 0.272 e. The van der Waals surface area contributed by atoms with Crippen LogP contribution in [0.3, 0.4) is 0 Å². The zero-order valence-corrected chi connectivity index (χ0v) is 18.0. The van der Waals surface area contributed by atoms with E-state index in [0.29, 0.717) is 41.5 Å². The Hall–Kier alpha value is -2.52. The van der Waals surface area contributed by atoms with Gasteiger partial charge in [-0.25, -0.2) is 8.42 Å². The lowest BCUT2D eigenvalue weighted by molar-refractivity contribution is 0.102. The normalized spacial score (nSPS) is 15.2. The van der Waals surface area contributed by atoms with Crippen LogP contribution in [-0.4, -0.2) is 50.9 Å². The van der Waals surface area contributed by atoms with Crippen LogP contribution in [0, 0.1) is 13.8 Å². The van der Waals surface area contributed by atoms with Crippen LogP contribution in [0.25, 0.3) is 0 Å². The first-order chi connectivity index (χ1) is 13.8. The van der Waals surface area contributed by atoms with Gasteiger partial charge in [0.05, 0.1) is 19.9 Å². The number of nitrogens with one attached hydrogen (secondary N) is 2. The minimum atomic E-state index is -3.66. The van der Waals surface area contributed by atoms with E-state index in [1.54, 1.807) is 32.0 Å². The minimum Gasteiger partial charge on any atom is -0.497 e. The Morgan fingerprint density at radius 2 is 1.79 bits per heavy atom. The lowest BCUT2D eigenvalue weighted by Crippen LogP contribution is -2.36. The molecule has 0 unspecified atom stereocenters. The van der Waals surface area contributed by atoms with Crippen LogP contribution in [0.5, 0.6) is 11.5 Å². The molecule has 0 atom stereocenters. The standard InChI is InChI=1S/C20H27N3O5S/c1-13-18(20(24)22-16-12-15(27-3)8-9-17(16)28-4)21-14(2)19(13)29(25,26)23-10-6-5-7-11-23/h8-9,12,21H,5-7,10-11H2,1-4H3,(H,22,24). The second kappa shape index (κ2) is 8.46. The second-order valence-electron chi connectivity index (χ2n) is 7.06. The monoisotopic (exact) mass is 421 g/mol. The van der Waals surface area contributed by atoms with E-state index >= 15 is 0 Å². The van der Waals surface area contributed by atoms with Gasteiger partial charge in [-0.1, -0.05) is 6.42 Å². The Labute approximate surface area is 171 Å². The molecular formula is C20H27N3O5S. The van der Waals surface area contributed by atoms with Crippen LogP contribution in [0.4, 0.5) is 5.69 Å². The fraction of sp³-hybridized carbons (Fsp3) is 0.450. The number of ether oxygens (including phenoxy) is 2. The van der Waals surface area contributed by atoms with Crippen molar-refractivity contribution < 1.29 is 22.7 Å². The van der Waals surface area contributed by atoms with Crippen molar-refractivity contribution in [2.45, 2.75) is 38.0 Å². The van der Waals surface area contributed by atoms with Crippen molar-refractivity contribution in [2.75, 3.05) is 32.6 Å². The van der Waals surface area contributed by atoms with Gasteiger partial charge in [0.15, 0.2) is 0 Å². The Morgan fingerprint density at radius 3 is 2.41 bits per heavy atom. The number of benzene rings is 1. The molecule has 2 N–H and O–H groups in total. The molecule has 158 valence electrons. The number of anilines is 1. The number of H-pyrrole nitrogens is 1. The highest BCUT2D eigenvalue weighted by Crippen LogP contribution is 2.31. The summed E-state index contributed by atoms with van der Waals surface area (Å²) in [6, 6.07) is 5.06. The number of methoxy groups -OCH3 is 2. The van der Waals surface area contributed by atoms with Crippen LogP contribution in [0.15, 0.2) is 23.1 Å². The number of aryl methyl sites for hydroxylation is 1. The molecule has 9 heteroatoms. The van der Waals surface area contributed by atoms with Gasteiger partial charge < -0.3 is 19.8 Å². The Bertz CT molecular complexity index is 1010. The number of nitrogens with zero attached hydrogens (tertiary/aromatic N) is 1. The SMILES string of the molecule is COc1ccc(OC)c(NC(=O)c2[nH]c(C)c(S(=O)(=O)N3CCCCC3)c2C)c1. The number of aromatic amines is 1. The lowest BCUT2D eigenvalue weighted by Gasteiger charge is -2.26. The first-order valence-electron chi connectivity index (χ1n) is 9.52. The molecule has 8 nitrogen and oxygen atoms in total. The summed E-state index contributed by atoms with van der Waals surface area (Å²) in [5, 5.41) is 2.78. The zero-order valence-electron chi connectivity index (χ0n) is 17.2. The van der Waals surface area contributed by atoms with E-state index in [2.05, 4.69) is 10.3 Å². The van der Waals surface area contributed by atoms with Crippen molar-refractivity contribution in [1.29, 1.82) is 0 Å². The topological polar surface area (TPSA) is 101 Å². The summed E-state index contributed by atoms with van der Waals surface area (Å²) in [7, 11) is -0.619. The fourth-order valence-electron chi connectivity index (χ4n) is 3.68. The third-order valence-corrected chi connectivity index (χ3v) is 7.34. The Balaban J connectivity index is 1.93. The van der Waals surface area contributed by atoms with Crippen molar-refractivity contribution in [3.05, 3.63) is 35.2 Å². The molecule has 1 amide bonds. The molecule has 0 radical (unpaired) electrons. The molecule has 0 aliphatic carbocycles. The molecule has 1 aliphatic rings. The number of sulfonamides is 1. The maximum atomic E-state index is 13.1. The first kappa shape index (κ1) is 21.2. The van der Waals surface area contributed by atoms with Crippen molar-refractivity contribution in [2.24, 2.45) is 0 Å². The highest BCUT2D eigenvalue weighted by Gasteiger charge is 2.32. The summed E-state index contributed by atoms with van der Waals surface area (Å²) in [5.41, 5.74) is 1.51. The number of rotatable bonds is 6. The summed E-state index contributed by atoms with van der Waals surface area (Å²) in [6.07, 6.45) is 2.74.